The third-order valence-corrected chi connectivity index (χ3v) is 5.69. The molecule has 4 rings (SSSR count). The van der Waals surface area contributed by atoms with Crippen molar-refractivity contribution in [3.8, 4) is 23.1 Å². The largest absolute Gasteiger partial charge is 0.573 e. The monoisotopic (exact) mass is 525 g/mol. The maximum Gasteiger partial charge on any atom is 0.573 e. The first-order chi connectivity index (χ1) is 17.4. The van der Waals surface area contributed by atoms with Gasteiger partial charge < -0.3 is 14.2 Å². The maximum absolute atomic E-state index is 14.0. The van der Waals surface area contributed by atoms with E-state index in [0.29, 0.717) is 24.6 Å². The lowest BCUT2D eigenvalue weighted by molar-refractivity contribution is -0.274. The summed E-state index contributed by atoms with van der Waals surface area (Å²) in [6, 6.07) is 6.36. The van der Waals surface area contributed by atoms with Gasteiger partial charge in [-0.1, -0.05) is 5.16 Å². The predicted molar refractivity (Wildman–Crippen MR) is 113 cm³/mol. The van der Waals surface area contributed by atoms with Crippen molar-refractivity contribution in [2.75, 3.05) is 13.1 Å². The zero-order valence-electron chi connectivity index (χ0n) is 19.0. The number of likely N-dealkylation sites (tertiary alicyclic amines) is 1. The molecule has 1 amide bonds. The first kappa shape index (κ1) is 25.9. The molecule has 14 heteroatoms. The Hall–Kier alpha value is -4.15. The molecule has 0 atom stereocenters. The number of nitriles is 1. The molecule has 8 nitrogen and oxygen atoms in total. The molecule has 0 radical (unpaired) electrons. The Morgan fingerprint density at radius 2 is 1.76 bits per heavy atom. The van der Waals surface area contributed by atoms with Gasteiger partial charge in [0.25, 0.3) is 5.91 Å². The van der Waals surface area contributed by atoms with Gasteiger partial charge in [-0.05, 0) is 43.2 Å². The highest BCUT2D eigenvalue weighted by Gasteiger charge is 2.40. The molecule has 0 aliphatic carbocycles. The van der Waals surface area contributed by atoms with Gasteiger partial charge in [0.05, 0.1) is 16.8 Å². The molecule has 3 heterocycles. The minimum Gasteiger partial charge on any atom is -0.406 e. The van der Waals surface area contributed by atoms with Crippen LogP contribution in [0.2, 0.25) is 0 Å². The minimum absolute atomic E-state index is 0.0632. The number of amides is 1. The van der Waals surface area contributed by atoms with Gasteiger partial charge >= 0.3 is 12.5 Å². The van der Waals surface area contributed by atoms with Gasteiger partial charge in [0.2, 0.25) is 5.89 Å². The average molecular weight is 525 g/mol. The second kappa shape index (κ2) is 9.72. The summed E-state index contributed by atoms with van der Waals surface area (Å²) in [6.45, 7) is 1.87. The van der Waals surface area contributed by atoms with E-state index < -0.39 is 41.1 Å². The number of rotatable bonds is 4. The van der Waals surface area contributed by atoms with E-state index in [1.54, 1.807) is 13.0 Å². The van der Waals surface area contributed by atoms with Crippen LogP contribution in [0.25, 0.3) is 11.3 Å². The Labute approximate surface area is 205 Å². The topological polar surface area (TPSA) is 105 Å². The van der Waals surface area contributed by atoms with Crippen LogP contribution < -0.4 is 4.74 Å². The smallest absolute Gasteiger partial charge is 0.406 e. The molecule has 37 heavy (non-hydrogen) atoms. The molecule has 0 spiro atoms. The number of piperidine rings is 1. The Balaban J connectivity index is 1.63. The Morgan fingerprint density at radius 1 is 1.11 bits per heavy atom. The van der Waals surface area contributed by atoms with Crippen molar-refractivity contribution < 1.29 is 40.4 Å². The molecule has 1 aliphatic rings. The molecule has 2 aromatic heterocycles. The number of ether oxygens (including phenoxy) is 1. The second-order valence-electron chi connectivity index (χ2n) is 8.20. The predicted octanol–water partition coefficient (Wildman–Crippen LogP) is 5.25. The number of carbonyl (C=O) groups is 1. The first-order valence-electron chi connectivity index (χ1n) is 10.8. The number of halogens is 6. The molecule has 0 saturated carbocycles. The van der Waals surface area contributed by atoms with E-state index in [1.165, 1.54) is 4.90 Å². The molecular formula is C23H17F6N5O3. The molecule has 1 fully saturated rings. The van der Waals surface area contributed by atoms with Crippen LogP contribution in [0.15, 0.2) is 34.9 Å². The van der Waals surface area contributed by atoms with Crippen LogP contribution in [0.3, 0.4) is 0 Å². The van der Waals surface area contributed by atoms with Gasteiger partial charge in [-0.2, -0.15) is 23.4 Å². The second-order valence-corrected chi connectivity index (χ2v) is 8.20. The third-order valence-electron chi connectivity index (χ3n) is 5.69. The number of hydrogen-bond donors (Lipinski definition) is 0. The number of benzene rings is 1. The van der Waals surface area contributed by atoms with Crippen LogP contribution >= 0.6 is 0 Å². The zero-order chi connectivity index (χ0) is 27.0. The number of alkyl halides is 6. The number of carbonyl (C=O) groups excluding carboxylic acids is 1. The fourth-order valence-corrected chi connectivity index (χ4v) is 4.00. The van der Waals surface area contributed by atoms with Crippen molar-refractivity contribution >= 4 is 5.91 Å². The summed E-state index contributed by atoms with van der Waals surface area (Å²) < 4.78 is 87.8. The summed E-state index contributed by atoms with van der Waals surface area (Å²) in [7, 11) is 0. The number of hydrogen-bond acceptors (Lipinski definition) is 7. The number of aryl methyl sites for hydroxylation is 1. The Bertz CT molecular complexity index is 1340. The first-order valence-corrected chi connectivity index (χ1v) is 10.8. The molecule has 0 unspecified atom stereocenters. The minimum atomic E-state index is -5.05. The summed E-state index contributed by atoms with van der Waals surface area (Å²) in [6.07, 6.45) is -9.21. The van der Waals surface area contributed by atoms with Crippen LogP contribution in [0, 0.1) is 18.3 Å². The highest BCUT2D eigenvalue weighted by Crippen LogP contribution is 2.36. The quantitative estimate of drug-likeness (QED) is 0.429. The molecule has 0 bridgehead atoms. The van der Waals surface area contributed by atoms with Crippen molar-refractivity contribution in [1.29, 1.82) is 5.26 Å². The summed E-state index contributed by atoms with van der Waals surface area (Å²) in [5.74, 6) is -0.828. The standard InChI is InChI=1S/C23H17F6N5O3/c1-12-31-20(33-37-12)14-6-8-34(9-7-14)21(35)17-10-15(11-30)18(32-19(17)22(24,25)26)13-2-4-16(5-3-13)36-23(27,28)29/h2-5,10,14H,6-9H2,1H3. The van der Waals surface area contributed by atoms with Gasteiger partial charge in [-0.25, -0.2) is 4.98 Å². The van der Waals surface area contributed by atoms with Crippen LogP contribution in [-0.2, 0) is 6.18 Å². The molecule has 1 aromatic carbocycles. The van der Waals surface area contributed by atoms with E-state index in [4.69, 9.17) is 4.52 Å². The van der Waals surface area contributed by atoms with E-state index in [-0.39, 0.29) is 30.1 Å². The van der Waals surface area contributed by atoms with Crippen molar-refractivity contribution in [2.45, 2.75) is 38.2 Å². The van der Waals surface area contributed by atoms with Gasteiger partial charge in [0, 0.05) is 31.5 Å². The Kier molecular flexibility index (Phi) is 6.81. The van der Waals surface area contributed by atoms with Crippen molar-refractivity contribution in [3.63, 3.8) is 0 Å². The molecule has 1 aliphatic heterocycles. The SMILES string of the molecule is Cc1nc(C2CCN(C(=O)c3cc(C#N)c(-c4ccc(OC(F)(F)F)cc4)nc3C(F)(F)F)CC2)no1. The number of pyridine rings is 1. The van der Waals surface area contributed by atoms with Crippen LogP contribution in [0.4, 0.5) is 26.3 Å². The number of aromatic nitrogens is 3. The van der Waals surface area contributed by atoms with Gasteiger partial charge in [-0.15, -0.1) is 13.2 Å². The highest BCUT2D eigenvalue weighted by molar-refractivity contribution is 5.96. The third kappa shape index (κ3) is 5.82. The molecule has 3 aromatic rings. The number of nitrogens with zero attached hydrogens (tertiary/aromatic N) is 5. The van der Waals surface area contributed by atoms with E-state index in [9.17, 15) is 36.4 Å². The lowest BCUT2D eigenvalue weighted by atomic mass is 9.95. The molecule has 0 N–H and O–H groups in total. The fraction of sp³-hybridized carbons (Fsp3) is 0.348. The van der Waals surface area contributed by atoms with E-state index in [2.05, 4.69) is 19.9 Å². The Morgan fingerprint density at radius 3 is 2.27 bits per heavy atom. The van der Waals surface area contributed by atoms with Crippen LogP contribution in [0.1, 0.15) is 52.1 Å². The maximum atomic E-state index is 14.0. The summed E-state index contributed by atoms with van der Waals surface area (Å²) in [5.41, 5.74) is -3.14. The van der Waals surface area contributed by atoms with Crippen molar-refractivity contribution in [3.05, 3.63) is 58.9 Å². The summed E-state index contributed by atoms with van der Waals surface area (Å²) in [4.78, 5) is 22.1. The van der Waals surface area contributed by atoms with Crippen molar-refractivity contribution in [1.82, 2.24) is 20.0 Å². The van der Waals surface area contributed by atoms with Crippen LogP contribution in [-0.4, -0.2) is 45.4 Å². The lowest BCUT2D eigenvalue weighted by Crippen LogP contribution is -2.39. The van der Waals surface area contributed by atoms with Crippen LogP contribution in [0.5, 0.6) is 5.75 Å². The highest BCUT2D eigenvalue weighted by atomic mass is 19.4. The normalized spacial score (nSPS) is 14.9. The van der Waals surface area contributed by atoms with E-state index in [1.807, 2.05) is 0 Å². The van der Waals surface area contributed by atoms with E-state index in [0.717, 1.165) is 30.3 Å². The average Bonchev–Trinajstić information content (AvgIpc) is 3.28. The fourth-order valence-electron chi connectivity index (χ4n) is 4.00. The van der Waals surface area contributed by atoms with Gasteiger partial charge in [0.1, 0.15) is 11.8 Å². The molecular weight excluding hydrogens is 508 g/mol. The van der Waals surface area contributed by atoms with Gasteiger partial charge in [-0.3, -0.25) is 4.79 Å². The van der Waals surface area contributed by atoms with Crippen molar-refractivity contribution in [2.24, 2.45) is 0 Å². The van der Waals surface area contributed by atoms with Gasteiger partial charge in [0.15, 0.2) is 11.5 Å². The summed E-state index contributed by atoms with van der Waals surface area (Å²) >= 11 is 0. The summed E-state index contributed by atoms with van der Waals surface area (Å²) in [5, 5.41) is 13.4. The zero-order valence-corrected chi connectivity index (χ0v) is 19.0. The molecule has 194 valence electrons. The molecule has 1 saturated heterocycles. The lowest BCUT2D eigenvalue weighted by Gasteiger charge is -2.31. The van der Waals surface area contributed by atoms with E-state index >= 15 is 0 Å².